The van der Waals surface area contributed by atoms with E-state index >= 15 is 0 Å². The van der Waals surface area contributed by atoms with Gasteiger partial charge in [0.15, 0.2) is 0 Å². The van der Waals surface area contributed by atoms with E-state index in [2.05, 4.69) is 11.4 Å². The first-order chi connectivity index (χ1) is 15.0. The van der Waals surface area contributed by atoms with Crippen LogP contribution >= 0.6 is 11.3 Å². The maximum Gasteiger partial charge on any atom is 0.266 e. The molecule has 5 nitrogen and oxygen atoms in total. The second kappa shape index (κ2) is 8.91. The minimum atomic E-state index is -0.582. The molecule has 1 aliphatic carbocycles. The molecule has 0 unspecified atom stereocenters. The Morgan fingerprint density at radius 2 is 1.94 bits per heavy atom. The summed E-state index contributed by atoms with van der Waals surface area (Å²) < 4.78 is 14.7. The zero-order valence-corrected chi connectivity index (χ0v) is 18.2. The minimum absolute atomic E-state index is 0.119. The average molecular weight is 435 g/mol. The fourth-order valence-corrected chi connectivity index (χ4v) is 5.52. The number of amides is 1. The number of carbonyl (C=O) groups is 1. The van der Waals surface area contributed by atoms with Gasteiger partial charge in [-0.2, -0.15) is 10.5 Å². The Labute approximate surface area is 185 Å². The van der Waals surface area contributed by atoms with E-state index in [0.717, 1.165) is 67.6 Å². The molecule has 1 amide bonds. The summed E-state index contributed by atoms with van der Waals surface area (Å²) in [5.74, 6) is -0.935. The molecule has 0 saturated carbocycles. The fraction of sp³-hybridized carbons (Fsp3) is 0.375. The summed E-state index contributed by atoms with van der Waals surface area (Å²) in [6, 6.07) is 7.29. The van der Waals surface area contributed by atoms with Crippen molar-refractivity contribution in [2.24, 2.45) is 0 Å². The molecule has 2 heterocycles. The Morgan fingerprint density at radius 3 is 2.65 bits per heavy atom. The number of aryl methyl sites for hydroxylation is 2. The van der Waals surface area contributed by atoms with Gasteiger partial charge in [0.25, 0.3) is 5.91 Å². The van der Waals surface area contributed by atoms with Crippen LogP contribution in [0.1, 0.15) is 52.8 Å². The molecular weight excluding hydrogens is 411 g/mol. The van der Waals surface area contributed by atoms with E-state index in [9.17, 15) is 19.7 Å². The van der Waals surface area contributed by atoms with Gasteiger partial charge in [0, 0.05) is 18.0 Å². The Kier molecular flexibility index (Phi) is 6.06. The van der Waals surface area contributed by atoms with Crippen LogP contribution in [0.2, 0.25) is 0 Å². The number of nitrogens with zero attached hydrogens (tertiary/aromatic N) is 3. The average Bonchev–Trinajstić information content (AvgIpc) is 3.41. The van der Waals surface area contributed by atoms with E-state index in [1.54, 1.807) is 6.07 Å². The Morgan fingerprint density at radius 1 is 1.19 bits per heavy atom. The highest BCUT2D eigenvalue weighted by Gasteiger charge is 2.23. The SMILES string of the molecule is Cc1cc(N2CCCC2)c(F)cc1/C=C(\C#N)C(=O)Nc1sc2c(c1C#N)CCCC2. The predicted octanol–water partition coefficient (Wildman–Crippen LogP) is 5.09. The quantitative estimate of drug-likeness (QED) is 0.537. The van der Waals surface area contributed by atoms with Gasteiger partial charge >= 0.3 is 0 Å². The van der Waals surface area contributed by atoms with Gasteiger partial charge in [-0.3, -0.25) is 4.79 Å². The molecule has 4 rings (SSSR count). The first-order valence-electron chi connectivity index (χ1n) is 10.5. The summed E-state index contributed by atoms with van der Waals surface area (Å²) in [5, 5.41) is 22.4. The van der Waals surface area contributed by atoms with E-state index in [1.807, 2.05) is 17.9 Å². The molecule has 0 atom stereocenters. The predicted molar refractivity (Wildman–Crippen MR) is 120 cm³/mol. The number of carbonyl (C=O) groups excluding carboxylic acids is 1. The van der Waals surface area contributed by atoms with Crippen LogP contribution in [-0.2, 0) is 17.6 Å². The highest BCUT2D eigenvalue weighted by molar-refractivity contribution is 7.16. The number of nitrogens with one attached hydrogen (secondary N) is 1. The molecule has 158 valence electrons. The third-order valence-corrected chi connectivity index (χ3v) is 7.16. The zero-order chi connectivity index (χ0) is 22.0. The number of anilines is 2. The number of thiophene rings is 1. The van der Waals surface area contributed by atoms with Gasteiger partial charge in [-0.15, -0.1) is 11.3 Å². The molecule has 2 aliphatic rings. The molecule has 7 heteroatoms. The first kappa shape index (κ1) is 21.1. The van der Waals surface area contributed by atoms with Crippen molar-refractivity contribution < 1.29 is 9.18 Å². The molecule has 0 radical (unpaired) electrons. The Balaban J connectivity index is 1.60. The van der Waals surface area contributed by atoms with Gasteiger partial charge in [-0.05, 0) is 80.3 Å². The lowest BCUT2D eigenvalue weighted by atomic mass is 9.96. The van der Waals surface area contributed by atoms with Crippen LogP contribution < -0.4 is 10.2 Å². The van der Waals surface area contributed by atoms with Crippen LogP contribution in [0, 0.1) is 35.4 Å². The summed E-state index contributed by atoms with van der Waals surface area (Å²) in [4.78, 5) is 16.0. The van der Waals surface area contributed by atoms with Crippen LogP contribution in [0.15, 0.2) is 17.7 Å². The minimum Gasteiger partial charge on any atom is -0.369 e. The summed E-state index contributed by atoms with van der Waals surface area (Å²) in [6.45, 7) is 3.52. The molecule has 1 fully saturated rings. The van der Waals surface area contributed by atoms with E-state index in [4.69, 9.17) is 0 Å². The normalized spacial score (nSPS) is 15.9. The zero-order valence-electron chi connectivity index (χ0n) is 17.4. The van der Waals surface area contributed by atoms with Crippen LogP contribution in [0.25, 0.3) is 6.08 Å². The van der Waals surface area contributed by atoms with Gasteiger partial charge in [0.1, 0.15) is 28.5 Å². The molecule has 1 saturated heterocycles. The lowest BCUT2D eigenvalue weighted by Crippen LogP contribution is -2.19. The largest absolute Gasteiger partial charge is 0.369 e. The number of hydrogen-bond donors (Lipinski definition) is 1. The molecule has 0 spiro atoms. The van der Waals surface area contributed by atoms with Crippen molar-refractivity contribution >= 4 is 34.0 Å². The number of hydrogen-bond acceptors (Lipinski definition) is 5. The second-order valence-electron chi connectivity index (χ2n) is 8.01. The molecule has 31 heavy (non-hydrogen) atoms. The third-order valence-electron chi connectivity index (χ3n) is 5.96. The Hall–Kier alpha value is -3.16. The molecular formula is C24H23FN4OS. The van der Waals surface area contributed by atoms with Gasteiger partial charge in [-0.1, -0.05) is 0 Å². The maximum absolute atomic E-state index is 14.7. The van der Waals surface area contributed by atoms with Crippen molar-refractivity contribution in [3.63, 3.8) is 0 Å². The first-order valence-corrected chi connectivity index (χ1v) is 11.4. The number of nitriles is 2. The van der Waals surface area contributed by atoms with Crippen molar-refractivity contribution in [1.82, 2.24) is 0 Å². The number of halogens is 1. The lowest BCUT2D eigenvalue weighted by Gasteiger charge is -2.19. The van der Waals surface area contributed by atoms with Crippen molar-refractivity contribution in [3.05, 3.63) is 50.7 Å². The van der Waals surface area contributed by atoms with Crippen LogP contribution in [0.3, 0.4) is 0 Å². The summed E-state index contributed by atoms with van der Waals surface area (Å²) in [6.07, 6.45) is 7.38. The highest BCUT2D eigenvalue weighted by atomic mass is 32.1. The third kappa shape index (κ3) is 4.19. The van der Waals surface area contributed by atoms with E-state index < -0.39 is 5.91 Å². The van der Waals surface area contributed by atoms with Gasteiger partial charge < -0.3 is 10.2 Å². The number of benzene rings is 1. The fourth-order valence-electron chi connectivity index (χ4n) is 4.28. The molecule has 0 bridgehead atoms. The van der Waals surface area contributed by atoms with Crippen molar-refractivity contribution in [1.29, 1.82) is 10.5 Å². The Bertz CT molecular complexity index is 1150. The standard InChI is InChI=1S/C24H23FN4OS/c1-15-10-21(29-8-4-5-9-29)20(25)12-16(15)11-17(13-26)23(30)28-24-19(14-27)18-6-2-3-7-22(18)31-24/h10-12H,2-9H2,1H3,(H,28,30)/b17-11+. The van der Waals surface area contributed by atoms with E-state index in [1.165, 1.54) is 23.5 Å². The smallest absolute Gasteiger partial charge is 0.266 e. The summed E-state index contributed by atoms with van der Waals surface area (Å²) >= 11 is 1.41. The second-order valence-corrected chi connectivity index (χ2v) is 9.11. The molecule has 1 N–H and O–H groups in total. The van der Waals surface area contributed by atoms with Gasteiger partial charge in [0.05, 0.1) is 11.3 Å². The van der Waals surface area contributed by atoms with Crippen LogP contribution in [-0.4, -0.2) is 19.0 Å². The van der Waals surface area contributed by atoms with Crippen molar-refractivity contribution in [2.75, 3.05) is 23.3 Å². The highest BCUT2D eigenvalue weighted by Crippen LogP contribution is 2.38. The van der Waals surface area contributed by atoms with Crippen molar-refractivity contribution in [2.45, 2.75) is 45.4 Å². The number of rotatable bonds is 4. The van der Waals surface area contributed by atoms with Gasteiger partial charge in [-0.25, -0.2) is 4.39 Å². The van der Waals surface area contributed by atoms with E-state index in [-0.39, 0.29) is 11.4 Å². The summed E-state index contributed by atoms with van der Waals surface area (Å²) in [5.41, 5.74) is 3.27. The molecule has 1 aromatic carbocycles. The molecule has 2 aromatic rings. The number of fused-ring (bicyclic) bond motifs is 1. The molecule has 1 aliphatic heterocycles. The topological polar surface area (TPSA) is 79.9 Å². The van der Waals surface area contributed by atoms with E-state index in [0.29, 0.717) is 21.8 Å². The monoisotopic (exact) mass is 434 g/mol. The van der Waals surface area contributed by atoms with Crippen molar-refractivity contribution in [3.8, 4) is 12.1 Å². The van der Waals surface area contributed by atoms with Crippen LogP contribution in [0.5, 0.6) is 0 Å². The maximum atomic E-state index is 14.7. The van der Waals surface area contributed by atoms with Gasteiger partial charge in [0.2, 0.25) is 0 Å². The molecule has 1 aromatic heterocycles. The lowest BCUT2D eigenvalue weighted by molar-refractivity contribution is -0.112. The summed E-state index contributed by atoms with van der Waals surface area (Å²) in [7, 11) is 0. The van der Waals surface area contributed by atoms with Crippen LogP contribution in [0.4, 0.5) is 15.1 Å².